The van der Waals surface area contributed by atoms with E-state index >= 15 is 0 Å². The van der Waals surface area contributed by atoms with Crippen molar-refractivity contribution in [3.8, 4) is 0 Å². The van der Waals surface area contributed by atoms with E-state index in [1.165, 1.54) is 12.8 Å². The average molecular weight is 292 g/mol. The third-order valence-electron chi connectivity index (χ3n) is 4.15. The van der Waals surface area contributed by atoms with Gasteiger partial charge in [-0.1, -0.05) is 44.0 Å². The number of nitrogens with zero attached hydrogens (tertiary/aromatic N) is 1. The molecule has 1 fully saturated rings. The summed E-state index contributed by atoms with van der Waals surface area (Å²) >= 11 is 5.35. The minimum absolute atomic E-state index is 0.343. The van der Waals surface area contributed by atoms with Crippen LogP contribution in [0.1, 0.15) is 37.8 Å². The zero-order chi connectivity index (χ0) is 14.6. The van der Waals surface area contributed by atoms with E-state index in [-0.39, 0.29) is 0 Å². The Morgan fingerprint density at radius 1 is 1.50 bits per heavy atom. The van der Waals surface area contributed by atoms with E-state index in [4.69, 9.17) is 12.2 Å². The summed E-state index contributed by atoms with van der Waals surface area (Å²) in [5, 5.41) is 12.7. The Bertz CT molecular complexity index is 486. The average Bonchev–Trinajstić information content (AvgIpc) is 2.97. The lowest BCUT2D eigenvalue weighted by Crippen LogP contribution is -2.49. The SMILES string of the molecule is CNC(=S)C(CC1CCCC1)(C(=O)O)c1ccccn1. The molecule has 0 aromatic carbocycles. The summed E-state index contributed by atoms with van der Waals surface area (Å²) in [5.41, 5.74) is -0.681. The van der Waals surface area contributed by atoms with E-state index in [0.29, 0.717) is 23.0 Å². The number of carbonyl (C=O) groups is 1. The third-order valence-corrected chi connectivity index (χ3v) is 4.70. The molecule has 1 saturated carbocycles. The molecule has 1 unspecified atom stereocenters. The van der Waals surface area contributed by atoms with Crippen molar-refractivity contribution in [1.82, 2.24) is 10.3 Å². The first-order valence-electron chi connectivity index (χ1n) is 6.98. The van der Waals surface area contributed by atoms with E-state index in [2.05, 4.69) is 10.3 Å². The van der Waals surface area contributed by atoms with Gasteiger partial charge < -0.3 is 10.4 Å². The first-order valence-corrected chi connectivity index (χ1v) is 7.39. The van der Waals surface area contributed by atoms with Crippen LogP contribution >= 0.6 is 12.2 Å². The van der Waals surface area contributed by atoms with Crippen LogP contribution in [0.25, 0.3) is 0 Å². The first kappa shape index (κ1) is 14.9. The molecule has 20 heavy (non-hydrogen) atoms. The monoisotopic (exact) mass is 292 g/mol. The Kier molecular flexibility index (Phi) is 4.70. The molecule has 1 aromatic rings. The van der Waals surface area contributed by atoms with Gasteiger partial charge in [-0.15, -0.1) is 0 Å². The maximum Gasteiger partial charge on any atom is 0.322 e. The van der Waals surface area contributed by atoms with Crippen LogP contribution in [0.5, 0.6) is 0 Å². The molecule has 0 aliphatic heterocycles. The van der Waals surface area contributed by atoms with Crippen LogP contribution in [0, 0.1) is 5.92 Å². The van der Waals surface area contributed by atoms with Gasteiger partial charge in [-0.3, -0.25) is 9.78 Å². The van der Waals surface area contributed by atoms with Gasteiger partial charge in [0.05, 0.1) is 10.7 Å². The number of aliphatic carboxylic acids is 1. The van der Waals surface area contributed by atoms with E-state index in [1.807, 2.05) is 6.07 Å². The molecule has 1 aliphatic rings. The number of carboxylic acids is 1. The lowest BCUT2D eigenvalue weighted by atomic mass is 9.75. The zero-order valence-electron chi connectivity index (χ0n) is 11.6. The highest BCUT2D eigenvalue weighted by Crippen LogP contribution is 2.38. The van der Waals surface area contributed by atoms with Crippen LogP contribution in [0.4, 0.5) is 0 Å². The van der Waals surface area contributed by atoms with Crippen molar-refractivity contribution in [2.75, 3.05) is 7.05 Å². The first-order chi connectivity index (χ1) is 9.61. The summed E-state index contributed by atoms with van der Waals surface area (Å²) in [5.74, 6) is -0.512. The smallest absolute Gasteiger partial charge is 0.322 e. The lowest BCUT2D eigenvalue weighted by Gasteiger charge is -2.31. The number of rotatable bonds is 5. The molecule has 1 heterocycles. The van der Waals surface area contributed by atoms with Crippen molar-refractivity contribution in [3.05, 3.63) is 30.1 Å². The number of carboxylic acid groups (broad SMARTS) is 1. The van der Waals surface area contributed by atoms with Gasteiger partial charge in [0.1, 0.15) is 0 Å². The standard InChI is InChI=1S/C15H20N2O2S/c1-16-13(20)15(14(18)19,10-11-6-2-3-7-11)12-8-4-5-9-17-12/h4-5,8-9,11H,2-3,6-7,10H2,1H3,(H,16,20)(H,18,19). The van der Waals surface area contributed by atoms with Crippen LogP contribution in [0.15, 0.2) is 24.4 Å². The molecule has 5 heteroatoms. The minimum Gasteiger partial charge on any atom is -0.480 e. The van der Waals surface area contributed by atoms with Crippen molar-refractivity contribution in [2.24, 2.45) is 5.92 Å². The van der Waals surface area contributed by atoms with Gasteiger partial charge in [0.15, 0.2) is 5.41 Å². The summed E-state index contributed by atoms with van der Waals surface area (Å²) in [7, 11) is 1.68. The Labute approximate surface area is 124 Å². The van der Waals surface area contributed by atoms with Crippen molar-refractivity contribution in [2.45, 2.75) is 37.5 Å². The minimum atomic E-state index is -1.21. The highest BCUT2D eigenvalue weighted by atomic mass is 32.1. The van der Waals surface area contributed by atoms with Gasteiger partial charge in [0.2, 0.25) is 0 Å². The van der Waals surface area contributed by atoms with Crippen LogP contribution in [0.3, 0.4) is 0 Å². The molecule has 0 radical (unpaired) electrons. The quantitative estimate of drug-likeness (QED) is 0.817. The maximum absolute atomic E-state index is 12.0. The Morgan fingerprint density at radius 2 is 2.20 bits per heavy atom. The molecule has 108 valence electrons. The van der Waals surface area contributed by atoms with Crippen molar-refractivity contribution in [1.29, 1.82) is 0 Å². The zero-order valence-corrected chi connectivity index (χ0v) is 12.4. The summed E-state index contributed by atoms with van der Waals surface area (Å²) in [4.78, 5) is 16.7. The number of nitrogens with one attached hydrogen (secondary N) is 1. The van der Waals surface area contributed by atoms with Gasteiger partial charge in [-0.05, 0) is 24.5 Å². The van der Waals surface area contributed by atoms with Crippen molar-refractivity contribution < 1.29 is 9.90 Å². The topological polar surface area (TPSA) is 62.2 Å². The number of hydrogen-bond donors (Lipinski definition) is 2. The molecule has 0 saturated heterocycles. The van der Waals surface area contributed by atoms with Crippen molar-refractivity contribution >= 4 is 23.2 Å². The van der Waals surface area contributed by atoms with Crippen LogP contribution in [-0.2, 0) is 10.2 Å². The van der Waals surface area contributed by atoms with Gasteiger partial charge >= 0.3 is 5.97 Å². The van der Waals surface area contributed by atoms with Gasteiger partial charge in [0, 0.05) is 13.2 Å². The van der Waals surface area contributed by atoms with Crippen LogP contribution in [-0.4, -0.2) is 28.1 Å². The van der Waals surface area contributed by atoms with Gasteiger partial charge in [0.25, 0.3) is 0 Å². The highest BCUT2D eigenvalue weighted by Gasteiger charge is 2.47. The summed E-state index contributed by atoms with van der Waals surface area (Å²) in [6.45, 7) is 0. The second-order valence-corrected chi connectivity index (χ2v) is 5.77. The molecule has 1 atom stereocenters. The second-order valence-electron chi connectivity index (χ2n) is 5.36. The van der Waals surface area contributed by atoms with Crippen molar-refractivity contribution in [3.63, 3.8) is 0 Å². The van der Waals surface area contributed by atoms with E-state index in [1.54, 1.807) is 25.4 Å². The Balaban J connectivity index is 2.44. The normalized spacial score (nSPS) is 18.4. The second kappa shape index (κ2) is 6.31. The maximum atomic E-state index is 12.0. The molecule has 0 amide bonds. The summed E-state index contributed by atoms with van der Waals surface area (Å²) in [6, 6.07) is 5.35. The fourth-order valence-electron chi connectivity index (χ4n) is 3.08. The van der Waals surface area contributed by atoms with Crippen LogP contribution in [0.2, 0.25) is 0 Å². The van der Waals surface area contributed by atoms with E-state index in [9.17, 15) is 9.90 Å². The fraction of sp³-hybridized carbons (Fsp3) is 0.533. The fourth-order valence-corrected chi connectivity index (χ4v) is 3.36. The summed E-state index contributed by atoms with van der Waals surface area (Å²) in [6.07, 6.45) is 6.66. The highest BCUT2D eigenvalue weighted by molar-refractivity contribution is 7.80. The molecule has 0 spiro atoms. The largest absolute Gasteiger partial charge is 0.480 e. The number of thiocarbonyl (C=S) groups is 1. The molecular formula is C15H20N2O2S. The van der Waals surface area contributed by atoms with Gasteiger partial charge in [-0.25, -0.2) is 0 Å². The number of aromatic nitrogens is 1. The Hall–Kier alpha value is -1.49. The molecule has 2 rings (SSSR count). The number of pyridine rings is 1. The Morgan fingerprint density at radius 3 is 2.70 bits per heavy atom. The van der Waals surface area contributed by atoms with E-state index < -0.39 is 11.4 Å². The number of hydrogen-bond acceptors (Lipinski definition) is 3. The molecule has 2 N–H and O–H groups in total. The summed E-state index contributed by atoms with van der Waals surface area (Å²) < 4.78 is 0. The molecule has 0 bridgehead atoms. The third kappa shape index (κ3) is 2.68. The molecule has 4 nitrogen and oxygen atoms in total. The van der Waals surface area contributed by atoms with Gasteiger partial charge in [-0.2, -0.15) is 0 Å². The predicted octanol–water partition coefficient (Wildman–Crippen LogP) is 2.53. The predicted molar refractivity (Wildman–Crippen MR) is 81.8 cm³/mol. The molecule has 1 aliphatic carbocycles. The molecular weight excluding hydrogens is 272 g/mol. The lowest BCUT2D eigenvalue weighted by molar-refractivity contribution is -0.141. The number of likely N-dealkylation sites (N-methyl/N-ethyl adjacent to an activating group) is 1. The van der Waals surface area contributed by atoms with E-state index in [0.717, 1.165) is 12.8 Å². The molecule has 1 aromatic heterocycles. The van der Waals surface area contributed by atoms with Crippen LogP contribution < -0.4 is 5.32 Å².